The van der Waals surface area contributed by atoms with Gasteiger partial charge in [-0.05, 0) is 233 Å². The number of aryl methyl sites for hydroxylation is 3. The molecule has 3 aliphatic carbocycles. The normalized spacial score (nSPS) is 14.2. The summed E-state index contributed by atoms with van der Waals surface area (Å²) in [5.74, 6) is 0.449. The molecule has 123 heavy (non-hydrogen) atoms. The highest BCUT2D eigenvalue weighted by atomic mass is 35.5. The van der Waals surface area contributed by atoms with E-state index in [2.05, 4.69) is 42.6 Å². The highest BCUT2D eigenvalue weighted by molar-refractivity contribution is 6.05. The third-order valence-corrected chi connectivity index (χ3v) is 21.6. The van der Waals surface area contributed by atoms with Crippen molar-refractivity contribution in [3.05, 3.63) is 339 Å². The number of hydrogen-bond acceptors (Lipinski definition) is 17. The minimum absolute atomic E-state index is 0. The largest absolute Gasteiger partial charge is 0.444 e. The van der Waals surface area contributed by atoms with E-state index in [-0.39, 0.29) is 36.8 Å². The van der Waals surface area contributed by atoms with Gasteiger partial charge in [-0.1, -0.05) is 183 Å². The van der Waals surface area contributed by atoms with Gasteiger partial charge in [0.25, 0.3) is 17.7 Å². The average molecular weight is 1680 g/mol. The van der Waals surface area contributed by atoms with Crippen LogP contribution in [-0.2, 0) is 34.6 Å². The third-order valence-electron chi connectivity index (χ3n) is 21.6. The number of benzene rings is 9. The van der Waals surface area contributed by atoms with Gasteiger partial charge in [0.05, 0.1) is 52.3 Å². The quantitative estimate of drug-likeness (QED) is 0.0186. The van der Waals surface area contributed by atoms with Gasteiger partial charge in [0, 0.05) is 62.4 Å². The van der Waals surface area contributed by atoms with E-state index in [4.69, 9.17) is 27.7 Å². The van der Waals surface area contributed by atoms with E-state index in [1.165, 1.54) is 30.4 Å². The Bertz CT molecular complexity index is 5370. The maximum atomic E-state index is 13.5. The molecule has 0 bridgehead atoms. The first-order valence-electron chi connectivity index (χ1n) is 41.8. The molecule has 3 unspecified atom stereocenters. The summed E-state index contributed by atoms with van der Waals surface area (Å²) in [4.78, 5) is 55.1. The minimum atomic E-state index is -1.59. The van der Waals surface area contributed by atoms with Crippen LogP contribution in [-0.4, -0.2) is 118 Å². The van der Waals surface area contributed by atoms with Crippen LogP contribution in [0.1, 0.15) is 184 Å². The number of hydrogen-bond donors (Lipinski definition) is 11. The highest BCUT2D eigenvalue weighted by Crippen LogP contribution is 2.44. The average Bonchev–Trinajstić information content (AvgIpc) is 1.63. The van der Waals surface area contributed by atoms with Crippen molar-refractivity contribution in [3.63, 3.8) is 0 Å². The van der Waals surface area contributed by atoms with Gasteiger partial charge < -0.3 is 69.2 Å². The zero-order valence-corrected chi connectivity index (χ0v) is 71.5. The molecule has 3 atom stereocenters. The van der Waals surface area contributed by atoms with E-state index >= 15 is 0 Å². The van der Waals surface area contributed by atoms with Crippen molar-refractivity contribution in [1.29, 1.82) is 5.26 Å². The molecule has 25 heteroatoms. The Kier molecular flexibility index (Phi) is 31.3. The summed E-state index contributed by atoms with van der Waals surface area (Å²) < 4.78 is 10.5. The molecular weight excluding hydrogens is 1560 g/mol. The maximum Gasteiger partial charge on any atom is 0.410 e. The van der Waals surface area contributed by atoms with E-state index in [1.54, 1.807) is 87.9 Å². The summed E-state index contributed by atoms with van der Waals surface area (Å²) in [5.41, 5.74) is 31.3. The van der Waals surface area contributed by atoms with Crippen molar-refractivity contribution in [2.75, 3.05) is 48.7 Å². The van der Waals surface area contributed by atoms with Crippen LogP contribution in [0.2, 0.25) is 0 Å². The zero-order valence-electron chi connectivity index (χ0n) is 70.7. The van der Waals surface area contributed by atoms with Crippen LogP contribution in [0, 0.1) is 43.9 Å². The number of anilines is 3. The molecular formula is C98H113ClN16O8. The van der Waals surface area contributed by atoms with Crippen LogP contribution in [0.4, 0.5) is 21.9 Å². The SMILES string of the molecule is Cc1cc(C(=O)Nc2cccc(C(O)(CCC3CC3)c3ccccc3)c2)n(-c2cccc(CN)c2)n1.Cc1cc(C(=O)Nc2cccc(C(O)(CCC3CC3)c3ccccc3)c2)n(-c2cccc(CN)c2)n1.Cc1cc(C(=O)Nc2cccc(C(O)(CN(C(=O)OC(C)(C)C)C3CC3)c3ccccc3)c2)n(-c2cccc(C#N)c2)n1.Cl.NCCNCCN. The molecule has 24 nitrogen and oxygen atoms in total. The van der Waals surface area contributed by atoms with Crippen LogP contribution in [0.5, 0.6) is 0 Å². The molecule has 12 aromatic rings. The number of rotatable bonds is 30. The second-order valence-electron chi connectivity index (χ2n) is 32.6. The molecule has 15 rings (SSSR count). The number of ether oxygens (including phenoxy) is 1. The molecule has 0 aliphatic heterocycles. The second-order valence-corrected chi connectivity index (χ2v) is 32.6. The van der Waals surface area contributed by atoms with E-state index < -0.39 is 34.4 Å². The fourth-order valence-corrected chi connectivity index (χ4v) is 14.7. The Morgan fingerprint density at radius 1 is 0.447 bits per heavy atom. The number of carbonyl (C=O) groups is 4. The maximum absolute atomic E-state index is 13.5. The molecule has 0 saturated heterocycles. The molecule has 15 N–H and O–H groups in total. The summed E-state index contributed by atoms with van der Waals surface area (Å²) >= 11 is 0. The standard InChI is InChI=1S/C34H35N5O4.2C30H32N4O2.C4H13N3.ClH/c1-23-18-30(39(37-23)29-15-8-10-24(19-29)21-35)31(40)36-27-14-9-13-26(20-27)34(42,25-11-6-5-7-12-25)22-38(28-16-17-28)32(41)43-33(2,3)4;2*1-21-17-28(34(33-21)27-12-5-7-23(18-27)20-31)29(35)32-26-11-6-10-25(19-26)30(36,16-15-22-13-14-22)24-8-3-2-4-9-24;5-1-3-7-4-2-6;/h5-15,18-20,28,42H,16-17,22H2,1-4H3,(H,36,40);2*2-12,17-19,22,36H,13-16,20,31H2,1H3,(H,32,35);7H,1-6H2;1H. The van der Waals surface area contributed by atoms with Crippen molar-refractivity contribution in [2.24, 2.45) is 34.8 Å². The summed E-state index contributed by atoms with van der Waals surface area (Å²) in [7, 11) is 0. The fourth-order valence-electron chi connectivity index (χ4n) is 14.7. The van der Waals surface area contributed by atoms with Crippen molar-refractivity contribution in [3.8, 4) is 23.1 Å². The zero-order chi connectivity index (χ0) is 86.6. The van der Waals surface area contributed by atoms with Gasteiger partial charge in [-0.3, -0.25) is 14.4 Å². The monoisotopic (exact) mass is 1680 g/mol. The van der Waals surface area contributed by atoms with Crippen LogP contribution in [0.3, 0.4) is 0 Å². The predicted molar refractivity (Wildman–Crippen MR) is 485 cm³/mol. The lowest BCUT2D eigenvalue weighted by atomic mass is 9.82. The first kappa shape index (κ1) is 91.5. The number of nitrogens with zero attached hydrogens (tertiary/aromatic N) is 8. The Morgan fingerprint density at radius 2 is 0.789 bits per heavy atom. The van der Waals surface area contributed by atoms with E-state index in [0.29, 0.717) is 113 Å². The molecule has 3 aromatic heterocycles. The predicted octanol–water partition coefficient (Wildman–Crippen LogP) is 15.5. The molecule has 9 aromatic carbocycles. The lowest BCUT2D eigenvalue weighted by molar-refractivity contribution is -0.00588. The number of carbonyl (C=O) groups excluding carboxylic acids is 4. The summed E-state index contributed by atoms with van der Waals surface area (Å²) in [6.07, 6.45) is 9.39. The lowest BCUT2D eigenvalue weighted by Crippen LogP contribution is -2.47. The van der Waals surface area contributed by atoms with Gasteiger partial charge >= 0.3 is 6.09 Å². The molecule has 3 heterocycles. The van der Waals surface area contributed by atoms with Crippen LogP contribution >= 0.6 is 12.4 Å². The van der Waals surface area contributed by atoms with Crippen LogP contribution < -0.4 is 44.2 Å². The minimum Gasteiger partial charge on any atom is -0.444 e. The smallest absolute Gasteiger partial charge is 0.410 e. The summed E-state index contributed by atoms with van der Waals surface area (Å²) in [6.45, 7) is 14.9. The Morgan fingerprint density at radius 3 is 1.13 bits per heavy atom. The van der Waals surface area contributed by atoms with Crippen molar-refractivity contribution in [1.82, 2.24) is 39.6 Å². The number of aliphatic hydroxyl groups is 3. The summed E-state index contributed by atoms with van der Waals surface area (Å²) in [5, 5.41) is 71.1. The van der Waals surface area contributed by atoms with Crippen LogP contribution in [0.25, 0.3) is 17.1 Å². The van der Waals surface area contributed by atoms with Gasteiger partial charge in [0.1, 0.15) is 39.5 Å². The molecule has 640 valence electrons. The molecule has 3 saturated carbocycles. The molecule has 0 radical (unpaired) electrons. The van der Waals surface area contributed by atoms with Gasteiger partial charge in [-0.2, -0.15) is 20.6 Å². The van der Waals surface area contributed by atoms with Crippen molar-refractivity contribution < 1.29 is 39.2 Å². The van der Waals surface area contributed by atoms with Gasteiger partial charge in [0.15, 0.2) is 0 Å². The lowest BCUT2D eigenvalue weighted by Gasteiger charge is -2.36. The fraction of sp³-hybridized carbons (Fsp3) is 0.306. The van der Waals surface area contributed by atoms with Gasteiger partial charge in [0.2, 0.25) is 0 Å². The first-order chi connectivity index (χ1) is 58.8. The van der Waals surface area contributed by atoms with Crippen molar-refractivity contribution >= 4 is 53.3 Å². The topological polar surface area (TPSA) is 371 Å². The van der Waals surface area contributed by atoms with E-state index in [9.17, 15) is 39.8 Å². The van der Waals surface area contributed by atoms with Gasteiger partial charge in [-0.15, -0.1) is 12.4 Å². The molecule has 0 spiro atoms. The third kappa shape index (κ3) is 24.4. The number of amides is 4. The first-order valence-corrected chi connectivity index (χ1v) is 41.8. The Hall–Kier alpha value is -12.3. The second kappa shape index (κ2) is 42.0. The number of nitrogens with one attached hydrogen (secondary N) is 4. The van der Waals surface area contributed by atoms with E-state index in [1.807, 2.05) is 223 Å². The molecule has 3 aliphatic rings. The Balaban J connectivity index is 0.000000173. The number of aromatic nitrogens is 6. The van der Waals surface area contributed by atoms with E-state index in [0.717, 1.165) is 94.9 Å². The molecule has 4 amide bonds. The summed E-state index contributed by atoms with van der Waals surface area (Å²) in [6, 6.07) is 80.4. The molecule has 3 fully saturated rings. The van der Waals surface area contributed by atoms with Crippen LogP contribution in [0.15, 0.2) is 255 Å². The number of nitrogens with two attached hydrogens (primary N) is 4. The number of halogens is 1. The van der Waals surface area contributed by atoms with Crippen molar-refractivity contribution in [2.45, 2.75) is 147 Å². The Labute approximate surface area is 726 Å². The highest BCUT2D eigenvalue weighted by Gasteiger charge is 2.44. The van der Waals surface area contributed by atoms with Gasteiger partial charge in [-0.25, -0.2) is 18.8 Å². The number of nitriles is 1.